The third kappa shape index (κ3) is 6.06. The molecular formula is C26H30F3N3O5. The molecule has 1 atom stereocenters. The highest BCUT2D eigenvalue weighted by atomic mass is 19.3. The van der Waals surface area contributed by atoms with E-state index in [0.717, 1.165) is 6.07 Å². The lowest BCUT2D eigenvalue weighted by atomic mass is 10.00. The van der Waals surface area contributed by atoms with Crippen LogP contribution in [0.5, 0.6) is 11.5 Å². The second-order valence-corrected chi connectivity index (χ2v) is 8.73. The van der Waals surface area contributed by atoms with Gasteiger partial charge in [-0.05, 0) is 26.0 Å². The van der Waals surface area contributed by atoms with Gasteiger partial charge >= 0.3 is 0 Å². The molecule has 1 N–H and O–H groups in total. The van der Waals surface area contributed by atoms with Crippen LogP contribution in [0.15, 0.2) is 30.3 Å². The van der Waals surface area contributed by atoms with Crippen molar-refractivity contribution in [2.45, 2.75) is 31.9 Å². The minimum absolute atomic E-state index is 0.0682. The molecule has 1 aliphatic heterocycles. The number of anilines is 1. The molecule has 1 aromatic heterocycles. The summed E-state index contributed by atoms with van der Waals surface area (Å²) in [5.74, 6) is -2.69. The Morgan fingerprint density at radius 1 is 1.14 bits per heavy atom. The number of ether oxygens (including phenoxy) is 5. The standard InChI is InChI=1S/C26H30F3N3O5/c1-15(18-6-5-7-20(24(18)27)26(28,29)14-37-17-12-35-13-17)30-25-19-10-23(36-9-8-33-3)22(34-4)11-21(19)31-16(2)32-25/h5-7,10-11,15,17H,8-9,12-14H2,1-4H3,(H,30,31,32). The molecular weight excluding hydrogens is 491 g/mol. The van der Waals surface area contributed by atoms with E-state index in [1.807, 2.05) is 0 Å². The number of nitrogens with one attached hydrogen (secondary N) is 1. The molecule has 0 amide bonds. The number of nitrogens with zero attached hydrogens (tertiary/aromatic N) is 2. The average molecular weight is 522 g/mol. The van der Waals surface area contributed by atoms with Crippen molar-refractivity contribution in [1.29, 1.82) is 0 Å². The Morgan fingerprint density at radius 2 is 1.92 bits per heavy atom. The molecule has 200 valence electrons. The minimum Gasteiger partial charge on any atom is -0.493 e. The van der Waals surface area contributed by atoms with Crippen LogP contribution in [-0.4, -0.2) is 63.3 Å². The largest absolute Gasteiger partial charge is 0.493 e. The SMILES string of the molecule is COCCOc1cc2c(NC(C)c3cccc(C(F)(F)COC4COC4)c3F)nc(C)nc2cc1OC. The summed E-state index contributed by atoms with van der Waals surface area (Å²) in [6.07, 6.45) is -0.394. The van der Waals surface area contributed by atoms with Crippen LogP contribution < -0.4 is 14.8 Å². The molecule has 1 saturated heterocycles. The number of hydrogen-bond acceptors (Lipinski definition) is 8. The summed E-state index contributed by atoms with van der Waals surface area (Å²) in [7, 11) is 3.09. The average Bonchev–Trinajstić information content (AvgIpc) is 2.82. The van der Waals surface area contributed by atoms with Crippen molar-refractivity contribution < 1.29 is 36.9 Å². The van der Waals surface area contributed by atoms with Crippen molar-refractivity contribution in [2.75, 3.05) is 52.6 Å². The van der Waals surface area contributed by atoms with Gasteiger partial charge in [-0.15, -0.1) is 0 Å². The predicted molar refractivity (Wildman–Crippen MR) is 131 cm³/mol. The monoisotopic (exact) mass is 521 g/mol. The molecule has 37 heavy (non-hydrogen) atoms. The Bertz CT molecular complexity index is 1240. The normalized spacial score (nSPS) is 14.9. The zero-order chi connectivity index (χ0) is 26.6. The molecule has 0 bridgehead atoms. The molecule has 3 aromatic rings. The van der Waals surface area contributed by atoms with Crippen molar-refractivity contribution in [3.05, 3.63) is 53.1 Å². The maximum absolute atomic E-state index is 15.4. The van der Waals surface area contributed by atoms with Gasteiger partial charge in [-0.1, -0.05) is 12.1 Å². The fourth-order valence-corrected chi connectivity index (χ4v) is 3.93. The molecule has 2 heterocycles. The lowest BCUT2D eigenvalue weighted by Crippen LogP contribution is -2.39. The van der Waals surface area contributed by atoms with Crippen molar-refractivity contribution in [3.8, 4) is 11.5 Å². The maximum atomic E-state index is 15.4. The first-order valence-electron chi connectivity index (χ1n) is 11.8. The van der Waals surface area contributed by atoms with Crippen molar-refractivity contribution >= 4 is 16.7 Å². The summed E-state index contributed by atoms with van der Waals surface area (Å²) >= 11 is 0. The number of halogens is 3. The summed E-state index contributed by atoms with van der Waals surface area (Å²) in [5.41, 5.74) is -0.0733. The number of fused-ring (bicyclic) bond motifs is 1. The molecule has 2 aromatic carbocycles. The van der Waals surface area contributed by atoms with Crippen LogP contribution in [0.2, 0.25) is 0 Å². The van der Waals surface area contributed by atoms with Gasteiger partial charge in [0.15, 0.2) is 11.5 Å². The number of aromatic nitrogens is 2. The maximum Gasteiger partial charge on any atom is 0.298 e. The fraction of sp³-hybridized carbons (Fsp3) is 0.462. The van der Waals surface area contributed by atoms with Crippen LogP contribution in [0.25, 0.3) is 10.9 Å². The quantitative estimate of drug-likeness (QED) is 0.341. The van der Waals surface area contributed by atoms with Crippen LogP contribution >= 0.6 is 0 Å². The zero-order valence-corrected chi connectivity index (χ0v) is 21.1. The van der Waals surface area contributed by atoms with E-state index in [1.165, 1.54) is 19.2 Å². The van der Waals surface area contributed by atoms with E-state index < -0.39 is 36.1 Å². The van der Waals surface area contributed by atoms with Crippen LogP contribution in [0.3, 0.4) is 0 Å². The van der Waals surface area contributed by atoms with Crippen LogP contribution in [0, 0.1) is 12.7 Å². The topological polar surface area (TPSA) is 84.0 Å². The van der Waals surface area contributed by atoms with Crippen molar-refractivity contribution in [2.24, 2.45) is 0 Å². The Morgan fingerprint density at radius 3 is 2.59 bits per heavy atom. The molecule has 11 heteroatoms. The first-order chi connectivity index (χ1) is 17.7. The van der Waals surface area contributed by atoms with E-state index in [4.69, 9.17) is 23.7 Å². The highest BCUT2D eigenvalue weighted by Gasteiger charge is 2.38. The zero-order valence-electron chi connectivity index (χ0n) is 21.1. The fourth-order valence-electron chi connectivity index (χ4n) is 3.93. The van der Waals surface area contributed by atoms with E-state index in [1.54, 1.807) is 33.1 Å². The second-order valence-electron chi connectivity index (χ2n) is 8.73. The van der Waals surface area contributed by atoms with E-state index >= 15 is 4.39 Å². The molecule has 1 aliphatic rings. The van der Waals surface area contributed by atoms with E-state index in [2.05, 4.69) is 15.3 Å². The Hall–Kier alpha value is -3.15. The molecule has 1 fully saturated rings. The molecule has 4 rings (SSSR count). The summed E-state index contributed by atoms with van der Waals surface area (Å²) < 4.78 is 71.4. The predicted octanol–water partition coefficient (Wildman–Crippen LogP) is 4.79. The van der Waals surface area contributed by atoms with E-state index in [9.17, 15) is 8.78 Å². The number of methoxy groups -OCH3 is 2. The molecule has 0 aliphatic carbocycles. The molecule has 0 radical (unpaired) electrons. The van der Waals surface area contributed by atoms with Gasteiger partial charge in [0.2, 0.25) is 0 Å². The number of rotatable bonds is 12. The van der Waals surface area contributed by atoms with Crippen LogP contribution in [0.1, 0.15) is 29.9 Å². The molecule has 1 unspecified atom stereocenters. The third-order valence-corrected chi connectivity index (χ3v) is 5.99. The van der Waals surface area contributed by atoms with E-state index in [0.29, 0.717) is 47.3 Å². The lowest BCUT2D eigenvalue weighted by Gasteiger charge is -2.28. The lowest BCUT2D eigenvalue weighted by molar-refractivity contribution is -0.175. The van der Waals surface area contributed by atoms with Gasteiger partial charge in [-0.2, -0.15) is 8.78 Å². The van der Waals surface area contributed by atoms with Gasteiger partial charge in [0.25, 0.3) is 5.92 Å². The Kier molecular flexibility index (Phi) is 8.35. The van der Waals surface area contributed by atoms with Gasteiger partial charge in [-0.3, -0.25) is 0 Å². The van der Waals surface area contributed by atoms with Crippen molar-refractivity contribution in [1.82, 2.24) is 9.97 Å². The number of alkyl halides is 2. The third-order valence-electron chi connectivity index (χ3n) is 5.99. The number of benzene rings is 2. The van der Waals surface area contributed by atoms with Crippen LogP contribution in [-0.2, 0) is 20.1 Å². The highest BCUT2D eigenvalue weighted by Crippen LogP contribution is 2.37. The first-order valence-corrected chi connectivity index (χ1v) is 11.8. The first kappa shape index (κ1) is 26.9. The van der Waals surface area contributed by atoms with Crippen molar-refractivity contribution in [3.63, 3.8) is 0 Å². The summed E-state index contributed by atoms with van der Waals surface area (Å²) in [5, 5.41) is 3.76. The minimum atomic E-state index is -3.50. The number of aryl methyl sites for hydroxylation is 1. The summed E-state index contributed by atoms with van der Waals surface area (Å²) in [6.45, 7) is 3.67. The molecule has 0 saturated carbocycles. The second kappa shape index (κ2) is 11.5. The summed E-state index contributed by atoms with van der Waals surface area (Å²) in [6, 6.07) is 6.69. The molecule has 0 spiro atoms. The smallest absolute Gasteiger partial charge is 0.298 e. The molecule has 8 nitrogen and oxygen atoms in total. The van der Waals surface area contributed by atoms with Gasteiger partial charge in [-0.25, -0.2) is 14.4 Å². The Labute approximate surface area is 213 Å². The van der Waals surface area contributed by atoms with Gasteiger partial charge in [0, 0.05) is 24.1 Å². The Balaban J connectivity index is 1.62. The van der Waals surface area contributed by atoms with Crippen LogP contribution in [0.4, 0.5) is 19.0 Å². The van der Waals surface area contributed by atoms with Gasteiger partial charge in [0.05, 0.1) is 44.1 Å². The van der Waals surface area contributed by atoms with Gasteiger partial charge in [0.1, 0.15) is 36.8 Å². The number of hydrogen-bond donors (Lipinski definition) is 1. The van der Waals surface area contributed by atoms with Gasteiger partial charge < -0.3 is 29.0 Å². The van der Waals surface area contributed by atoms with E-state index in [-0.39, 0.29) is 18.8 Å². The highest BCUT2D eigenvalue weighted by molar-refractivity contribution is 5.92. The summed E-state index contributed by atoms with van der Waals surface area (Å²) in [4.78, 5) is 8.95.